The number of likely N-dealkylation sites (N-methyl/N-ethyl adjacent to an activating group) is 1. The van der Waals surface area contributed by atoms with Crippen LogP contribution in [0.1, 0.15) is 32.1 Å². The Morgan fingerprint density at radius 1 is 1.29 bits per heavy atom. The van der Waals surface area contributed by atoms with Crippen molar-refractivity contribution in [1.82, 2.24) is 10.2 Å². The molecule has 1 amide bonds. The number of hydrogen-bond donors (Lipinski definition) is 1. The average molecular weight is 196 g/mol. The lowest BCUT2D eigenvalue weighted by molar-refractivity contribution is -0.141. The zero-order chi connectivity index (χ0) is 10.0. The highest BCUT2D eigenvalue weighted by atomic mass is 16.2. The molecule has 0 unspecified atom stereocenters. The van der Waals surface area contributed by atoms with E-state index >= 15 is 0 Å². The molecule has 1 saturated carbocycles. The molecule has 1 N–H and O–H groups in total. The van der Waals surface area contributed by atoms with Crippen LogP contribution in [-0.4, -0.2) is 37.5 Å². The third-order valence-corrected chi connectivity index (χ3v) is 3.70. The van der Waals surface area contributed by atoms with Gasteiger partial charge < -0.3 is 10.2 Å². The van der Waals surface area contributed by atoms with Crippen LogP contribution in [0.15, 0.2) is 0 Å². The molecule has 2 fully saturated rings. The Kier molecular flexibility index (Phi) is 2.77. The van der Waals surface area contributed by atoms with Gasteiger partial charge in [-0.05, 0) is 12.8 Å². The third-order valence-electron chi connectivity index (χ3n) is 3.70. The summed E-state index contributed by atoms with van der Waals surface area (Å²) in [6.45, 7) is 2.71. The second kappa shape index (κ2) is 3.89. The van der Waals surface area contributed by atoms with Crippen LogP contribution in [0.2, 0.25) is 0 Å². The van der Waals surface area contributed by atoms with Crippen molar-refractivity contribution < 1.29 is 4.79 Å². The maximum Gasteiger partial charge on any atom is 0.229 e. The Hall–Kier alpha value is -0.570. The van der Waals surface area contributed by atoms with Crippen molar-refractivity contribution in [3.05, 3.63) is 0 Å². The largest absolute Gasteiger partial charge is 0.344 e. The summed E-state index contributed by atoms with van der Waals surface area (Å²) < 4.78 is 0. The molecule has 14 heavy (non-hydrogen) atoms. The molecule has 0 bridgehead atoms. The molecule has 1 aliphatic heterocycles. The molecule has 1 spiro atoms. The van der Waals surface area contributed by atoms with E-state index in [1.54, 1.807) is 0 Å². The van der Waals surface area contributed by atoms with Crippen LogP contribution in [0.4, 0.5) is 0 Å². The number of nitrogens with zero attached hydrogens (tertiary/aromatic N) is 1. The van der Waals surface area contributed by atoms with Gasteiger partial charge in [0.15, 0.2) is 0 Å². The minimum absolute atomic E-state index is 0.0521. The SMILES string of the molecule is CN1CCNCC2(CCCCC2)C1=O. The lowest BCUT2D eigenvalue weighted by Gasteiger charge is -2.36. The average Bonchev–Trinajstić information content (AvgIpc) is 2.35. The monoisotopic (exact) mass is 196 g/mol. The van der Waals surface area contributed by atoms with Crippen LogP contribution in [0, 0.1) is 5.41 Å². The first-order valence-electron chi connectivity index (χ1n) is 5.71. The Morgan fingerprint density at radius 2 is 2.00 bits per heavy atom. The molecule has 0 aromatic heterocycles. The topological polar surface area (TPSA) is 32.3 Å². The van der Waals surface area contributed by atoms with Gasteiger partial charge in [-0.3, -0.25) is 4.79 Å². The van der Waals surface area contributed by atoms with Crippen molar-refractivity contribution in [2.75, 3.05) is 26.7 Å². The lowest BCUT2D eigenvalue weighted by Crippen LogP contribution is -2.45. The molecule has 80 valence electrons. The number of hydrogen-bond acceptors (Lipinski definition) is 2. The molecule has 1 aliphatic carbocycles. The van der Waals surface area contributed by atoms with Crippen molar-refractivity contribution in [1.29, 1.82) is 0 Å². The van der Waals surface area contributed by atoms with Crippen molar-refractivity contribution >= 4 is 5.91 Å². The first-order valence-corrected chi connectivity index (χ1v) is 5.71. The van der Waals surface area contributed by atoms with E-state index < -0.39 is 0 Å². The highest BCUT2D eigenvalue weighted by Gasteiger charge is 2.41. The zero-order valence-electron chi connectivity index (χ0n) is 9.01. The minimum Gasteiger partial charge on any atom is -0.344 e. The molecule has 0 atom stereocenters. The van der Waals surface area contributed by atoms with E-state index in [-0.39, 0.29) is 5.41 Å². The summed E-state index contributed by atoms with van der Waals surface area (Å²) >= 11 is 0. The van der Waals surface area contributed by atoms with Crippen molar-refractivity contribution in [3.8, 4) is 0 Å². The Morgan fingerprint density at radius 3 is 2.71 bits per heavy atom. The highest BCUT2D eigenvalue weighted by Crippen LogP contribution is 2.37. The summed E-state index contributed by atoms with van der Waals surface area (Å²) in [5, 5.41) is 3.41. The zero-order valence-corrected chi connectivity index (χ0v) is 9.01. The molecular formula is C11H20N2O. The number of rotatable bonds is 0. The predicted molar refractivity (Wildman–Crippen MR) is 56.0 cm³/mol. The van der Waals surface area contributed by atoms with Crippen molar-refractivity contribution in [2.24, 2.45) is 5.41 Å². The van der Waals surface area contributed by atoms with Crippen LogP contribution in [0.25, 0.3) is 0 Å². The quantitative estimate of drug-likeness (QED) is 0.627. The van der Waals surface area contributed by atoms with Gasteiger partial charge in [0.1, 0.15) is 0 Å². The van der Waals surface area contributed by atoms with Crippen molar-refractivity contribution in [3.63, 3.8) is 0 Å². The molecule has 0 aromatic rings. The van der Waals surface area contributed by atoms with E-state index in [2.05, 4.69) is 5.32 Å². The number of carbonyl (C=O) groups excluding carboxylic acids is 1. The summed E-state index contributed by atoms with van der Waals surface area (Å²) in [6.07, 6.45) is 5.92. The summed E-state index contributed by atoms with van der Waals surface area (Å²) in [7, 11) is 1.94. The molecular weight excluding hydrogens is 176 g/mol. The molecule has 3 heteroatoms. The highest BCUT2D eigenvalue weighted by molar-refractivity contribution is 5.83. The second-order valence-corrected chi connectivity index (χ2v) is 4.74. The van der Waals surface area contributed by atoms with Gasteiger partial charge in [0, 0.05) is 26.7 Å². The second-order valence-electron chi connectivity index (χ2n) is 4.74. The summed E-state index contributed by atoms with van der Waals surface area (Å²) in [6, 6.07) is 0. The van der Waals surface area contributed by atoms with E-state index in [1.807, 2.05) is 11.9 Å². The summed E-state index contributed by atoms with van der Waals surface area (Å²) in [5.41, 5.74) is -0.0521. The predicted octanol–water partition coefficient (Wildman–Crippen LogP) is 0.998. The molecule has 2 aliphatic rings. The molecule has 0 radical (unpaired) electrons. The standard InChI is InChI=1S/C11H20N2O/c1-13-8-7-12-9-11(10(13)14)5-3-2-4-6-11/h12H,2-9H2,1H3. The Bertz CT molecular complexity index is 221. The van der Waals surface area contributed by atoms with E-state index in [0.29, 0.717) is 5.91 Å². The fourth-order valence-corrected chi connectivity index (χ4v) is 2.78. The molecule has 3 nitrogen and oxygen atoms in total. The van der Waals surface area contributed by atoms with Crippen LogP contribution in [-0.2, 0) is 4.79 Å². The lowest BCUT2D eigenvalue weighted by atomic mass is 9.73. The van der Waals surface area contributed by atoms with E-state index in [0.717, 1.165) is 32.5 Å². The van der Waals surface area contributed by atoms with Gasteiger partial charge in [-0.25, -0.2) is 0 Å². The maximum atomic E-state index is 12.2. The van der Waals surface area contributed by atoms with Crippen LogP contribution in [0.5, 0.6) is 0 Å². The van der Waals surface area contributed by atoms with Gasteiger partial charge in [0.2, 0.25) is 5.91 Å². The molecule has 2 rings (SSSR count). The Labute approximate surface area is 85.8 Å². The summed E-state index contributed by atoms with van der Waals surface area (Å²) in [4.78, 5) is 14.1. The van der Waals surface area contributed by atoms with Gasteiger partial charge in [-0.2, -0.15) is 0 Å². The molecule has 1 saturated heterocycles. The number of nitrogens with one attached hydrogen (secondary N) is 1. The number of carbonyl (C=O) groups is 1. The van der Waals surface area contributed by atoms with Crippen LogP contribution >= 0.6 is 0 Å². The van der Waals surface area contributed by atoms with E-state index in [4.69, 9.17) is 0 Å². The molecule has 0 aromatic carbocycles. The van der Waals surface area contributed by atoms with Gasteiger partial charge in [-0.1, -0.05) is 19.3 Å². The fraction of sp³-hybridized carbons (Fsp3) is 0.909. The maximum absolute atomic E-state index is 12.2. The van der Waals surface area contributed by atoms with Gasteiger partial charge in [-0.15, -0.1) is 0 Å². The van der Waals surface area contributed by atoms with Gasteiger partial charge in [0.25, 0.3) is 0 Å². The third kappa shape index (κ3) is 1.65. The molecule has 1 heterocycles. The fourth-order valence-electron chi connectivity index (χ4n) is 2.78. The van der Waals surface area contributed by atoms with Crippen LogP contribution in [0.3, 0.4) is 0 Å². The normalized spacial score (nSPS) is 27.8. The first kappa shape index (κ1) is 9.97. The van der Waals surface area contributed by atoms with E-state index in [9.17, 15) is 4.79 Å². The Balaban J connectivity index is 2.16. The first-order chi connectivity index (χ1) is 6.75. The minimum atomic E-state index is -0.0521. The summed E-state index contributed by atoms with van der Waals surface area (Å²) in [5.74, 6) is 0.377. The smallest absolute Gasteiger partial charge is 0.229 e. The van der Waals surface area contributed by atoms with E-state index in [1.165, 1.54) is 19.3 Å². The van der Waals surface area contributed by atoms with Gasteiger partial charge >= 0.3 is 0 Å². The number of amides is 1. The van der Waals surface area contributed by atoms with Gasteiger partial charge in [0.05, 0.1) is 5.41 Å². The van der Waals surface area contributed by atoms with Crippen molar-refractivity contribution in [2.45, 2.75) is 32.1 Å². The van der Waals surface area contributed by atoms with Crippen LogP contribution < -0.4 is 5.32 Å².